The maximum absolute atomic E-state index is 12.9. The summed E-state index contributed by atoms with van der Waals surface area (Å²) in [6.07, 6.45) is 5.43. The molecule has 8 heteroatoms. The van der Waals surface area contributed by atoms with Crippen LogP contribution in [0.5, 0.6) is 0 Å². The molecule has 0 spiro atoms. The van der Waals surface area contributed by atoms with Gasteiger partial charge in [-0.3, -0.25) is 4.79 Å². The predicted octanol–water partition coefficient (Wildman–Crippen LogP) is 2.69. The Morgan fingerprint density at radius 2 is 2.00 bits per heavy atom. The molecule has 0 radical (unpaired) electrons. The van der Waals surface area contributed by atoms with Gasteiger partial charge in [-0.15, -0.1) is 0 Å². The summed E-state index contributed by atoms with van der Waals surface area (Å²) in [4.78, 5) is 16.7. The Bertz CT molecular complexity index is 881. The standard InChI is InChI=1S/C19H24N2O5S/c22-19(17-5-4-11-25-17)21(15-8-12-27(23,24)14-15)13-16-6-7-18(26-16)20-9-2-1-3-10-20/h4-7,11,15H,1-3,8-10,12-14H2. The fourth-order valence-electron chi connectivity index (χ4n) is 3.83. The molecule has 7 nitrogen and oxygen atoms in total. The number of hydrogen-bond donors (Lipinski definition) is 0. The van der Waals surface area contributed by atoms with Gasteiger partial charge in [-0.25, -0.2) is 8.42 Å². The number of anilines is 1. The molecule has 2 saturated heterocycles. The van der Waals surface area contributed by atoms with Gasteiger partial charge >= 0.3 is 0 Å². The maximum Gasteiger partial charge on any atom is 0.290 e. The van der Waals surface area contributed by atoms with Gasteiger partial charge in [-0.05, 0) is 43.9 Å². The van der Waals surface area contributed by atoms with E-state index in [1.54, 1.807) is 17.0 Å². The van der Waals surface area contributed by atoms with Crippen LogP contribution in [0.25, 0.3) is 0 Å². The van der Waals surface area contributed by atoms with Crippen LogP contribution in [-0.4, -0.2) is 49.9 Å². The van der Waals surface area contributed by atoms with Gasteiger partial charge in [-0.1, -0.05) is 0 Å². The zero-order valence-electron chi connectivity index (χ0n) is 15.2. The van der Waals surface area contributed by atoms with Crippen molar-refractivity contribution in [3.05, 3.63) is 42.0 Å². The molecule has 2 aliphatic heterocycles. The predicted molar refractivity (Wildman–Crippen MR) is 100 cm³/mol. The quantitative estimate of drug-likeness (QED) is 0.778. The average Bonchev–Trinajstić information content (AvgIpc) is 3.41. The Kier molecular flexibility index (Phi) is 4.99. The third kappa shape index (κ3) is 4.05. The number of hydrogen-bond acceptors (Lipinski definition) is 6. The Balaban J connectivity index is 1.54. The lowest BCUT2D eigenvalue weighted by Crippen LogP contribution is -2.40. The van der Waals surface area contributed by atoms with E-state index in [2.05, 4.69) is 4.90 Å². The summed E-state index contributed by atoms with van der Waals surface area (Å²) in [6, 6.07) is 6.69. The number of amides is 1. The Hall–Kier alpha value is -2.22. The zero-order chi connectivity index (χ0) is 18.9. The molecular weight excluding hydrogens is 368 g/mol. The van der Waals surface area contributed by atoms with Gasteiger partial charge in [0.15, 0.2) is 21.5 Å². The van der Waals surface area contributed by atoms with Crippen LogP contribution >= 0.6 is 0 Å². The van der Waals surface area contributed by atoms with Crippen LogP contribution in [0.15, 0.2) is 39.4 Å². The zero-order valence-corrected chi connectivity index (χ0v) is 16.0. The fourth-order valence-corrected chi connectivity index (χ4v) is 5.56. The van der Waals surface area contributed by atoms with E-state index >= 15 is 0 Å². The highest BCUT2D eigenvalue weighted by atomic mass is 32.2. The van der Waals surface area contributed by atoms with Crippen LogP contribution < -0.4 is 4.90 Å². The molecule has 0 aliphatic carbocycles. The van der Waals surface area contributed by atoms with Crippen LogP contribution in [0.4, 0.5) is 5.88 Å². The Morgan fingerprint density at radius 3 is 2.67 bits per heavy atom. The highest BCUT2D eigenvalue weighted by molar-refractivity contribution is 7.91. The number of piperidine rings is 1. The van der Waals surface area contributed by atoms with E-state index in [0.717, 1.165) is 31.8 Å². The van der Waals surface area contributed by atoms with Crippen LogP contribution in [0.1, 0.15) is 42.0 Å². The second kappa shape index (κ2) is 7.42. The molecule has 1 atom stereocenters. The van der Waals surface area contributed by atoms with E-state index in [4.69, 9.17) is 8.83 Å². The van der Waals surface area contributed by atoms with Crippen molar-refractivity contribution in [2.75, 3.05) is 29.5 Å². The van der Waals surface area contributed by atoms with Gasteiger partial charge in [0, 0.05) is 25.2 Å². The van der Waals surface area contributed by atoms with Crippen molar-refractivity contribution in [2.45, 2.75) is 38.3 Å². The summed E-state index contributed by atoms with van der Waals surface area (Å²) >= 11 is 0. The number of rotatable bonds is 5. The van der Waals surface area contributed by atoms with Crippen molar-refractivity contribution in [3.63, 3.8) is 0 Å². The van der Waals surface area contributed by atoms with E-state index in [-0.39, 0.29) is 35.8 Å². The van der Waals surface area contributed by atoms with Crippen molar-refractivity contribution in [3.8, 4) is 0 Å². The summed E-state index contributed by atoms with van der Waals surface area (Å²) in [7, 11) is -3.11. The minimum absolute atomic E-state index is 0.0147. The van der Waals surface area contributed by atoms with Crippen LogP contribution in [0.3, 0.4) is 0 Å². The first-order chi connectivity index (χ1) is 13.0. The van der Waals surface area contributed by atoms with Gasteiger partial charge in [-0.2, -0.15) is 0 Å². The molecule has 0 N–H and O–H groups in total. The lowest BCUT2D eigenvalue weighted by molar-refractivity contribution is 0.0633. The van der Waals surface area contributed by atoms with E-state index < -0.39 is 9.84 Å². The molecule has 2 aromatic rings. The minimum atomic E-state index is -3.11. The van der Waals surface area contributed by atoms with Gasteiger partial charge in [0.25, 0.3) is 5.91 Å². The van der Waals surface area contributed by atoms with Gasteiger partial charge < -0.3 is 18.6 Å². The summed E-state index contributed by atoms with van der Waals surface area (Å²) in [5, 5.41) is 0. The molecular formula is C19H24N2O5S. The number of carbonyl (C=O) groups is 1. The number of furan rings is 2. The Labute approximate surface area is 158 Å². The van der Waals surface area contributed by atoms with Crippen molar-refractivity contribution < 1.29 is 22.0 Å². The van der Waals surface area contributed by atoms with E-state index in [1.165, 1.54) is 12.7 Å². The van der Waals surface area contributed by atoms with Crippen molar-refractivity contribution in [1.29, 1.82) is 0 Å². The third-order valence-corrected chi connectivity index (χ3v) is 7.03. The van der Waals surface area contributed by atoms with E-state index in [9.17, 15) is 13.2 Å². The first kappa shape index (κ1) is 18.2. The molecule has 1 amide bonds. The third-order valence-electron chi connectivity index (χ3n) is 5.28. The van der Waals surface area contributed by atoms with E-state index in [1.807, 2.05) is 12.1 Å². The van der Waals surface area contributed by atoms with Crippen molar-refractivity contribution >= 4 is 21.6 Å². The molecule has 2 fully saturated rings. The first-order valence-electron chi connectivity index (χ1n) is 9.40. The molecule has 1 unspecified atom stereocenters. The van der Waals surface area contributed by atoms with Gasteiger partial charge in [0.05, 0.1) is 24.3 Å². The maximum atomic E-state index is 12.9. The largest absolute Gasteiger partial charge is 0.459 e. The van der Waals surface area contributed by atoms with Gasteiger partial charge in [0.2, 0.25) is 0 Å². The minimum Gasteiger partial charge on any atom is -0.459 e. The molecule has 0 bridgehead atoms. The molecule has 27 heavy (non-hydrogen) atoms. The molecule has 2 aromatic heterocycles. The topological polar surface area (TPSA) is 84.0 Å². The molecule has 4 rings (SSSR count). The number of carbonyl (C=O) groups excluding carboxylic acids is 1. The van der Waals surface area contributed by atoms with Crippen molar-refractivity contribution in [2.24, 2.45) is 0 Å². The lowest BCUT2D eigenvalue weighted by Gasteiger charge is -2.27. The molecule has 146 valence electrons. The monoisotopic (exact) mass is 392 g/mol. The SMILES string of the molecule is O=C(c1ccco1)N(Cc1ccc(N2CCCCC2)o1)C1CCS(=O)(=O)C1. The first-order valence-corrected chi connectivity index (χ1v) is 11.2. The van der Waals surface area contributed by atoms with Crippen LogP contribution in [-0.2, 0) is 16.4 Å². The second-order valence-electron chi connectivity index (χ2n) is 7.25. The summed E-state index contributed by atoms with van der Waals surface area (Å²) in [5.74, 6) is 1.46. The summed E-state index contributed by atoms with van der Waals surface area (Å²) < 4.78 is 35.1. The van der Waals surface area contributed by atoms with Crippen molar-refractivity contribution in [1.82, 2.24) is 4.90 Å². The fraction of sp³-hybridized carbons (Fsp3) is 0.526. The van der Waals surface area contributed by atoms with Gasteiger partial charge in [0.1, 0.15) is 5.76 Å². The average molecular weight is 392 g/mol. The molecule has 0 aromatic carbocycles. The number of sulfone groups is 1. The van der Waals surface area contributed by atoms with Crippen LogP contribution in [0, 0.1) is 0 Å². The second-order valence-corrected chi connectivity index (χ2v) is 9.48. The van der Waals surface area contributed by atoms with Crippen LogP contribution in [0.2, 0.25) is 0 Å². The normalized spacial score (nSPS) is 22.1. The summed E-state index contributed by atoms with van der Waals surface area (Å²) in [5.41, 5.74) is 0. The molecule has 2 aliphatic rings. The lowest BCUT2D eigenvalue weighted by atomic mass is 10.1. The summed E-state index contributed by atoms with van der Waals surface area (Å²) in [6.45, 7) is 2.18. The highest BCUT2D eigenvalue weighted by Crippen LogP contribution is 2.26. The Morgan fingerprint density at radius 1 is 1.19 bits per heavy atom. The molecule has 0 saturated carbocycles. The smallest absolute Gasteiger partial charge is 0.290 e. The molecule has 4 heterocycles. The number of nitrogens with zero attached hydrogens (tertiary/aromatic N) is 2. The highest BCUT2D eigenvalue weighted by Gasteiger charge is 2.36. The van der Waals surface area contributed by atoms with E-state index in [0.29, 0.717) is 12.2 Å².